The van der Waals surface area contributed by atoms with E-state index in [1.165, 1.54) is 12.7 Å². The van der Waals surface area contributed by atoms with Crippen molar-refractivity contribution in [2.45, 2.75) is 39.2 Å². The minimum Gasteiger partial charge on any atom is -0.469 e. The van der Waals surface area contributed by atoms with E-state index < -0.39 is 0 Å². The van der Waals surface area contributed by atoms with Gasteiger partial charge in [0.15, 0.2) is 0 Å². The summed E-state index contributed by atoms with van der Waals surface area (Å²) < 4.78 is 4.55. The Morgan fingerprint density at radius 1 is 1.37 bits per heavy atom. The Morgan fingerprint density at radius 2 is 2.11 bits per heavy atom. The number of hydrogen-bond acceptors (Lipinski definition) is 3. The zero-order chi connectivity index (χ0) is 14.3. The third-order valence-corrected chi connectivity index (χ3v) is 2.83. The smallest absolute Gasteiger partial charge is 0.307 e. The van der Waals surface area contributed by atoms with Crippen molar-refractivity contribution in [3.05, 3.63) is 35.4 Å². The fourth-order valence-electron chi connectivity index (χ4n) is 1.86. The van der Waals surface area contributed by atoms with Crippen molar-refractivity contribution in [2.75, 3.05) is 7.11 Å². The van der Waals surface area contributed by atoms with Crippen LogP contribution in [0.15, 0.2) is 24.3 Å². The molecule has 0 saturated heterocycles. The zero-order valence-electron chi connectivity index (χ0n) is 11.7. The highest BCUT2D eigenvalue weighted by molar-refractivity contribution is 5.77. The molecule has 0 radical (unpaired) electrons. The van der Waals surface area contributed by atoms with Gasteiger partial charge in [0.05, 0.1) is 13.5 Å². The Morgan fingerprint density at radius 3 is 2.74 bits per heavy atom. The minimum atomic E-state index is -0.313. The van der Waals surface area contributed by atoms with Crippen LogP contribution in [-0.2, 0) is 20.7 Å². The van der Waals surface area contributed by atoms with Gasteiger partial charge >= 0.3 is 5.97 Å². The summed E-state index contributed by atoms with van der Waals surface area (Å²) >= 11 is 0. The van der Waals surface area contributed by atoms with E-state index in [-0.39, 0.29) is 24.3 Å². The Kier molecular flexibility index (Phi) is 6.06. The van der Waals surface area contributed by atoms with Gasteiger partial charge in [-0.3, -0.25) is 9.59 Å². The number of ether oxygens (including phenoxy) is 1. The zero-order valence-corrected chi connectivity index (χ0v) is 11.7. The molecule has 0 bridgehead atoms. The normalized spacial score (nSPS) is 11.7. The summed E-state index contributed by atoms with van der Waals surface area (Å²) in [5.41, 5.74) is 2.34. The van der Waals surface area contributed by atoms with Gasteiger partial charge in [-0.05, 0) is 25.8 Å². The van der Waals surface area contributed by atoms with Crippen LogP contribution in [0.3, 0.4) is 0 Å². The molecule has 0 fully saturated rings. The molecule has 0 aliphatic rings. The molecule has 1 aromatic carbocycles. The number of amides is 1. The lowest BCUT2D eigenvalue weighted by Crippen LogP contribution is -2.34. The van der Waals surface area contributed by atoms with Crippen LogP contribution in [0.4, 0.5) is 0 Å². The molecule has 1 amide bonds. The quantitative estimate of drug-likeness (QED) is 0.799. The van der Waals surface area contributed by atoms with Crippen LogP contribution in [-0.4, -0.2) is 25.0 Å². The molecule has 1 unspecified atom stereocenters. The average Bonchev–Trinajstić information content (AvgIpc) is 2.36. The van der Waals surface area contributed by atoms with Crippen LogP contribution in [0.1, 0.15) is 30.9 Å². The van der Waals surface area contributed by atoms with Crippen molar-refractivity contribution >= 4 is 11.9 Å². The number of esters is 1. The minimum absolute atomic E-state index is 0.0436. The van der Waals surface area contributed by atoms with Crippen molar-refractivity contribution < 1.29 is 14.3 Å². The average molecular weight is 263 g/mol. The maximum atomic E-state index is 11.7. The lowest BCUT2D eigenvalue weighted by molar-refractivity contribution is -0.141. The van der Waals surface area contributed by atoms with Gasteiger partial charge in [0.1, 0.15) is 0 Å². The van der Waals surface area contributed by atoms with Gasteiger partial charge < -0.3 is 10.1 Å². The first kappa shape index (κ1) is 15.2. The maximum Gasteiger partial charge on any atom is 0.307 e. The van der Waals surface area contributed by atoms with Crippen LogP contribution in [0.5, 0.6) is 0 Å². The Balaban J connectivity index is 2.33. The van der Waals surface area contributed by atoms with E-state index in [9.17, 15) is 9.59 Å². The van der Waals surface area contributed by atoms with Crippen LogP contribution >= 0.6 is 0 Å². The third-order valence-electron chi connectivity index (χ3n) is 2.83. The first-order chi connectivity index (χ1) is 9.01. The maximum absolute atomic E-state index is 11.7. The van der Waals surface area contributed by atoms with Crippen molar-refractivity contribution in [3.63, 3.8) is 0 Å². The van der Waals surface area contributed by atoms with Gasteiger partial charge in [0.25, 0.3) is 0 Å². The SMILES string of the molecule is COC(=O)CC(C)NC(=O)CCc1cccc(C)c1. The van der Waals surface area contributed by atoms with Crippen LogP contribution < -0.4 is 5.32 Å². The van der Waals surface area contributed by atoms with Crippen molar-refractivity contribution in [1.29, 1.82) is 0 Å². The predicted molar refractivity (Wildman–Crippen MR) is 73.7 cm³/mol. The lowest BCUT2D eigenvalue weighted by atomic mass is 10.1. The van der Waals surface area contributed by atoms with Crippen LogP contribution in [0.2, 0.25) is 0 Å². The standard InChI is InChI=1S/C15H21NO3/c1-11-5-4-6-13(9-11)7-8-14(17)16-12(2)10-15(18)19-3/h4-6,9,12H,7-8,10H2,1-3H3,(H,16,17). The fraction of sp³-hybridized carbons (Fsp3) is 0.467. The molecule has 1 atom stereocenters. The lowest BCUT2D eigenvalue weighted by Gasteiger charge is -2.12. The molecule has 4 heteroatoms. The van der Waals surface area contributed by atoms with Gasteiger partial charge in [0.2, 0.25) is 5.91 Å². The Hall–Kier alpha value is -1.84. The number of methoxy groups -OCH3 is 1. The molecule has 0 aliphatic heterocycles. The number of hydrogen-bond donors (Lipinski definition) is 1. The Labute approximate surface area is 114 Å². The van der Waals surface area contributed by atoms with E-state index in [1.54, 1.807) is 6.92 Å². The molecule has 0 heterocycles. The second-order valence-electron chi connectivity index (χ2n) is 4.74. The summed E-state index contributed by atoms with van der Waals surface area (Å²) in [5, 5.41) is 2.79. The molecule has 0 saturated carbocycles. The second-order valence-corrected chi connectivity index (χ2v) is 4.74. The van der Waals surface area contributed by atoms with Crippen LogP contribution in [0, 0.1) is 6.92 Å². The summed E-state index contributed by atoms with van der Waals surface area (Å²) in [5.74, 6) is -0.357. The number of aryl methyl sites for hydroxylation is 2. The van der Waals surface area contributed by atoms with E-state index in [1.807, 2.05) is 25.1 Å². The van der Waals surface area contributed by atoms with E-state index in [4.69, 9.17) is 0 Å². The Bertz CT molecular complexity index is 443. The number of carbonyl (C=O) groups excluding carboxylic acids is 2. The molecule has 1 N–H and O–H groups in total. The topological polar surface area (TPSA) is 55.4 Å². The number of nitrogens with one attached hydrogen (secondary N) is 1. The summed E-state index contributed by atoms with van der Waals surface area (Å²) in [6.07, 6.45) is 1.33. The van der Waals surface area contributed by atoms with E-state index in [0.29, 0.717) is 12.8 Å². The van der Waals surface area contributed by atoms with Crippen molar-refractivity contribution in [2.24, 2.45) is 0 Å². The van der Waals surface area contributed by atoms with E-state index in [2.05, 4.69) is 16.1 Å². The molecule has 1 aromatic rings. The first-order valence-corrected chi connectivity index (χ1v) is 6.43. The van der Waals surface area contributed by atoms with Crippen LogP contribution in [0.25, 0.3) is 0 Å². The van der Waals surface area contributed by atoms with Gasteiger partial charge in [-0.2, -0.15) is 0 Å². The highest BCUT2D eigenvalue weighted by atomic mass is 16.5. The summed E-state index contributed by atoms with van der Waals surface area (Å²) in [7, 11) is 1.34. The molecule has 1 rings (SSSR count). The van der Waals surface area contributed by atoms with Crippen molar-refractivity contribution in [1.82, 2.24) is 5.32 Å². The largest absolute Gasteiger partial charge is 0.469 e. The van der Waals surface area contributed by atoms with E-state index >= 15 is 0 Å². The third kappa shape index (κ3) is 6.04. The fourth-order valence-corrected chi connectivity index (χ4v) is 1.86. The monoisotopic (exact) mass is 263 g/mol. The first-order valence-electron chi connectivity index (χ1n) is 6.43. The molecular formula is C15H21NO3. The van der Waals surface area contributed by atoms with Gasteiger partial charge in [-0.25, -0.2) is 0 Å². The molecule has 0 aromatic heterocycles. The molecule has 19 heavy (non-hydrogen) atoms. The molecular weight excluding hydrogens is 242 g/mol. The van der Waals surface area contributed by atoms with Gasteiger partial charge in [-0.15, -0.1) is 0 Å². The molecule has 4 nitrogen and oxygen atoms in total. The predicted octanol–water partition coefficient (Wildman–Crippen LogP) is 2.00. The van der Waals surface area contributed by atoms with Gasteiger partial charge in [-0.1, -0.05) is 29.8 Å². The van der Waals surface area contributed by atoms with Crippen molar-refractivity contribution in [3.8, 4) is 0 Å². The molecule has 0 spiro atoms. The molecule has 0 aliphatic carbocycles. The van der Waals surface area contributed by atoms with Gasteiger partial charge in [0, 0.05) is 12.5 Å². The van der Waals surface area contributed by atoms with E-state index in [0.717, 1.165) is 5.56 Å². The number of rotatable bonds is 6. The molecule has 104 valence electrons. The number of benzene rings is 1. The number of carbonyl (C=O) groups is 2. The highest BCUT2D eigenvalue weighted by Gasteiger charge is 2.11. The summed E-state index contributed by atoms with van der Waals surface area (Å²) in [4.78, 5) is 22.8. The summed E-state index contributed by atoms with van der Waals surface area (Å²) in [6.45, 7) is 3.82. The highest BCUT2D eigenvalue weighted by Crippen LogP contribution is 2.06. The second kappa shape index (κ2) is 7.56. The summed E-state index contributed by atoms with van der Waals surface area (Å²) in [6, 6.07) is 7.91.